The summed E-state index contributed by atoms with van der Waals surface area (Å²) in [4.78, 5) is 25.9. The van der Waals surface area contributed by atoms with E-state index in [9.17, 15) is 14.9 Å². The van der Waals surface area contributed by atoms with Crippen molar-refractivity contribution in [2.45, 2.75) is 25.3 Å². The SMILES string of the molecule is O=C(N[C@@H]1CCOc2ccccc21)c1cc([N+](=O)[O-])ccc1N1CCCC1. The van der Waals surface area contributed by atoms with Gasteiger partial charge in [0.25, 0.3) is 11.6 Å². The lowest BCUT2D eigenvalue weighted by Crippen LogP contribution is -2.33. The summed E-state index contributed by atoms with van der Waals surface area (Å²) >= 11 is 0. The molecule has 0 saturated carbocycles. The van der Waals surface area contributed by atoms with E-state index in [1.165, 1.54) is 12.1 Å². The van der Waals surface area contributed by atoms with Gasteiger partial charge in [-0.05, 0) is 25.0 Å². The van der Waals surface area contributed by atoms with Crippen LogP contribution in [0.15, 0.2) is 42.5 Å². The third-order valence-corrected chi connectivity index (χ3v) is 5.15. The molecule has 1 fully saturated rings. The van der Waals surface area contributed by atoms with E-state index < -0.39 is 4.92 Å². The Labute approximate surface area is 157 Å². The van der Waals surface area contributed by atoms with E-state index in [1.54, 1.807) is 6.07 Å². The Kier molecular flexibility index (Phi) is 4.66. The van der Waals surface area contributed by atoms with Crippen LogP contribution in [0.5, 0.6) is 5.75 Å². The number of non-ortho nitro benzene ring substituents is 1. The van der Waals surface area contributed by atoms with Gasteiger partial charge in [-0.2, -0.15) is 0 Å². The second kappa shape index (κ2) is 7.26. The van der Waals surface area contributed by atoms with Crippen LogP contribution in [0.2, 0.25) is 0 Å². The maximum atomic E-state index is 13.1. The number of anilines is 1. The quantitative estimate of drug-likeness (QED) is 0.661. The molecule has 2 heterocycles. The smallest absolute Gasteiger partial charge is 0.270 e. The zero-order chi connectivity index (χ0) is 18.8. The van der Waals surface area contributed by atoms with Crippen LogP contribution in [0.4, 0.5) is 11.4 Å². The molecule has 4 rings (SSSR count). The third-order valence-electron chi connectivity index (χ3n) is 5.15. The van der Waals surface area contributed by atoms with Crippen molar-refractivity contribution < 1.29 is 14.5 Å². The van der Waals surface area contributed by atoms with Crippen LogP contribution in [0.3, 0.4) is 0 Å². The Morgan fingerprint density at radius 1 is 1.19 bits per heavy atom. The maximum absolute atomic E-state index is 13.1. The number of nitro groups is 1. The number of nitrogens with zero attached hydrogens (tertiary/aromatic N) is 2. The molecule has 0 aromatic heterocycles. The van der Waals surface area contributed by atoms with Gasteiger partial charge in [0.05, 0.1) is 28.8 Å². The number of rotatable bonds is 4. The third kappa shape index (κ3) is 3.45. The molecule has 1 saturated heterocycles. The number of benzene rings is 2. The van der Waals surface area contributed by atoms with Gasteiger partial charge < -0.3 is 15.0 Å². The standard InChI is InChI=1S/C20H21N3O4/c24-20(21-17-9-12-27-19-6-2-1-5-15(17)19)16-13-14(23(25)26)7-8-18(16)22-10-3-4-11-22/h1-2,5-8,13,17H,3-4,9-12H2,(H,21,24)/t17-/m1/s1. The topological polar surface area (TPSA) is 84.7 Å². The van der Waals surface area contributed by atoms with E-state index in [-0.39, 0.29) is 17.6 Å². The summed E-state index contributed by atoms with van der Waals surface area (Å²) in [5.74, 6) is 0.482. The molecule has 1 amide bonds. The van der Waals surface area contributed by atoms with Crippen LogP contribution in [0, 0.1) is 10.1 Å². The molecule has 0 bridgehead atoms. The zero-order valence-electron chi connectivity index (χ0n) is 14.9. The van der Waals surface area contributed by atoms with Crippen molar-refractivity contribution in [1.82, 2.24) is 5.32 Å². The van der Waals surface area contributed by atoms with Gasteiger partial charge in [-0.1, -0.05) is 18.2 Å². The number of hydrogen-bond acceptors (Lipinski definition) is 5. The van der Waals surface area contributed by atoms with Crippen molar-refractivity contribution in [2.75, 3.05) is 24.6 Å². The summed E-state index contributed by atoms with van der Waals surface area (Å²) in [6.45, 7) is 2.24. The van der Waals surface area contributed by atoms with Gasteiger partial charge in [0.15, 0.2) is 0 Å². The number of fused-ring (bicyclic) bond motifs is 1. The molecule has 1 atom stereocenters. The fourth-order valence-corrected chi connectivity index (χ4v) is 3.78. The first kappa shape index (κ1) is 17.3. The number of carbonyl (C=O) groups excluding carboxylic acids is 1. The van der Waals surface area contributed by atoms with Crippen molar-refractivity contribution in [3.63, 3.8) is 0 Å². The van der Waals surface area contributed by atoms with E-state index in [0.29, 0.717) is 18.6 Å². The molecule has 7 nitrogen and oxygen atoms in total. The lowest BCUT2D eigenvalue weighted by Gasteiger charge is -2.27. The molecule has 140 valence electrons. The lowest BCUT2D eigenvalue weighted by molar-refractivity contribution is -0.384. The summed E-state index contributed by atoms with van der Waals surface area (Å²) < 4.78 is 5.65. The van der Waals surface area contributed by atoms with E-state index in [0.717, 1.165) is 42.9 Å². The highest BCUT2D eigenvalue weighted by atomic mass is 16.6. The molecule has 27 heavy (non-hydrogen) atoms. The Morgan fingerprint density at radius 2 is 1.96 bits per heavy atom. The predicted molar refractivity (Wildman–Crippen MR) is 101 cm³/mol. The first-order valence-corrected chi connectivity index (χ1v) is 9.19. The number of carbonyl (C=O) groups is 1. The van der Waals surface area contributed by atoms with Crippen LogP contribution in [0.1, 0.15) is 41.2 Å². The summed E-state index contributed by atoms with van der Waals surface area (Å²) in [6, 6.07) is 12.0. The molecule has 2 aliphatic rings. The fraction of sp³-hybridized carbons (Fsp3) is 0.350. The number of ether oxygens (including phenoxy) is 1. The molecule has 0 unspecified atom stereocenters. The minimum Gasteiger partial charge on any atom is -0.493 e. The molecule has 0 radical (unpaired) electrons. The number of amides is 1. The Morgan fingerprint density at radius 3 is 2.74 bits per heavy atom. The molecule has 0 aliphatic carbocycles. The van der Waals surface area contributed by atoms with Crippen LogP contribution in [-0.4, -0.2) is 30.5 Å². The minimum atomic E-state index is -0.464. The number of para-hydroxylation sites is 1. The molecule has 2 aromatic rings. The van der Waals surface area contributed by atoms with Gasteiger partial charge in [-0.25, -0.2) is 0 Å². The highest BCUT2D eigenvalue weighted by molar-refractivity contribution is 6.00. The molecule has 1 N–H and O–H groups in total. The van der Waals surface area contributed by atoms with Gasteiger partial charge in [-0.15, -0.1) is 0 Å². The van der Waals surface area contributed by atoms with Gasteiger partial charge in [0, 0.05) is 37.2 Å². The second-order valence-electron chi connectivity index (χ2n) is 6.85. The fourth-order valence-electron chi connectivity index (χ4n) is 3.78. The van der Waals surface area contributed by atoms with Crippen molar-refractivity contribution in [1.29, 1.82) is 0 Å². The van der Waals surface area contributed by atoms with Crippen molar-refractivity contribution in [3.05, 3.63) is 63.7 Å². The van der Waals surface area contributed by atoms with E-state index in [4.69, 9.17) is 4.74 Å². The van der Waals surface area contributed by atoms with Crippen LogP contribution >= 0.6 is 0 Å². The first-order chi connectivity index (χ1) is 13.1. The van der Waals surface area contributed by atoms with Gasteiger partial charge >= 0.3 is 0 Å². The molecular weight excluding hydrogens is 346 g/mol. The zero-order valence-corrected chi connectivity index (χ0v) is 14.9. The van der Waals surface area contributed by atoms with Crippen molar-refractivity contribution in [3.8, 4) is 5.75 Å². The summed E-state index contributed by atoms with van der Waals surface area (Å²) in [6.07, 6.45) is 2.79. The molecule has 2 aromatic carbocycles. The molecule has 2 aliphatic heterocycles. The largest absolute Gasteiger partial charge is 0.493 e. The van der Waals surface area contributed by atoms with E-state index in [2.05, 4.69) is 10.2 Å². The van der Waals surface area contributed by atoms with Crippen LogP contribution in [-0.2, 0) is 0 Å². The normalized spacial score (nSPS) is 18.5. The van der Waals surface area contributed by atoms with E-state index >= 15 is 0 Å². The highest BCUT2D eigenvalue weighted by Crippen LogP contribution is 2.33. The number of nitrogens with one attached hydrogen (secondary N) is 1. The Balaban J connectivity index is 1.65. The van der Waals surface area contributed by atoms with Crippen molar-refractivity contribution >= 4 is 17.3 Å². The number of nitro benzene ring substituents is 1. The molecule has 0 spiro atoms. The minimum absolute atomic E-state index is 0.0736. The average Bonchev–Trinajstić information content (AvgIpc) is 3.22. The highest BCUT2D eigenvalue weighted by Gasteiger charge is 2.27. The van der Waals surface area contributed by atoms with Crippen molar-refractivity contribution in [2.24, 2.45) is 0 Å². The number of hydrogen-bond donors (Lipinski definition) is 1. The van der Waals surface area contributed by atoms with E-state index in [1.807, 2.05) is 24.3 Å². The monoisotopic (exact) mass is 367 g/mol. The van der Waals surface area contributed by atoms with Crippen LogP contribution < -0.4 is 15.0 Å². The second-order valence-corrected chi connectivity index (χ2v) is 6.85. The summed E-state index contributed by atoms with van der Waals surface area (Å²) in [5, 5.41) is 14.3. The van der Waals surface area contributed by atoms with Gasteiger partial charge in [0.1, 0.15) is 5.75 Å². The Bertz CT molecular complexity index is 877. The Hall–Kier alpha value is -3.09. The summed E-state index contributed by atoms with van der Waals surface area (Å²) in [5.41, 5.74) is 1.98. The maximum Gasteiger partial charge on any atom is 0.270 e. The van der Waals surface area contributed by atoms with Gasteiger partial charge in [0.2, 0.25) is 0 Å². The molecule has 7 heteroatoms. The predicted octanol–water partition coefficient (Wildman–Crippen LogP) is 3.45. The van der Waals surface area contributed by atoms with Crippen LogP contribution in [0.25, 0.3) is 0 Å². The summed E-state index contributed by atoms with van der Waals surface area (Å²) in [7, 11) is 0. The van der Waals surface area contributed by atoms with Gasteiger partial charge in [-0.3, -0.25) is 14.9 Å². The lowest BCUT2D eigenvalue weighted by atomic mass is 10.00. The average molecular weight is 367 g/mol. The first-order valence-electron chi connectivity index (χ1n) is 9.19. The molecular formula is C20H21N3O4.